The monoisotopic (exact) mass is 466 g/mol. The van der Waals surface area contributed by atoms with Gasteiger partial charge in [-0.25, -0.2) is 19.6 Å². The van der Waals surface area contributed by atoms with Crippen LogP contribution in [0.3, 0.4) is 0 Å². The minimum absolute atomic E-state index is 0.0166. The average Bonchev–Trinajstić information content (AvgIpc) is 2.85. The standard InChI is InChI=1S/C24H28F2N8/c1-2-3-6-21(25)22(26)16-34(29)24(32-28)20-12-19(14-31-23(20)27)18-7-10-33(11-8-18)15-17-5-4-9-30-13-17/h2-7,9,12-14H,1,8,10-11,15-16,28-29H2,(H2,27,31)/b6-3-,22-21-,32-24-. The molecule has 0 saturated heterocycles. The second-order valence-electron chi connectivity index (χ2n) is 7.66. The molecule has 2 aromatic heterocycles. The van der Waals surface area contributed by atoms with E-state index in [2.05, 4.69) is 32.6 Å². The number of rotatable bonds is 8. The van der Waals surface area contributed by atoms with Gasteiger partial charge in [-0.05, 0) is 41.3 Å². The van der Waals surface area contributed by atoms with Crippen molar-refractivity contribution in [2.75, 3.05) is 25.4 Å². The number of hydrogen-bond donors (Lipinski definition) is 3. The van der Waals surface area contributed by atoms with E-state index >= 15 is 0 Å². The van der Waals surface area contributed by atoms with Crippen LogP contribution >= 0.6 is 0 Å². The zero-order chi connectivity index (χ0) is 24.5. The van der Waals surface area contributed by atoms with E-state index in [0.29, 0.717) is 5.56 Å². The van der Waals surface area contributed by atoms with E-state index in [1.54, 1.807) is 18.5 Å². The van der Waals surface area contributed by atoms with Crippen LogP contribution in [0.25, 0.3) is 5.57 Å². The van der Waals surface area contributed by atoms with Crippen molar-refractivity contribution in [3.63, 3.8) is 0 Å². The SMILES string of the molecule is C=C/C=C\C(F)=C(\F)CN(N)/C(=N\N)c1cc(C2=CCN(Cc3cccnc3)CC2)cnc1N. The lowest BCUT2D eigenvalue weighted by Crippen LogP contribution is -2.40. The topological polar surface area (TPSA) is 123 Å². The van der Waals surface area contributed by atoms with Crippen molar-refractivity contribution in [2.24, 2.45) is 16.8 Å². The van der Waals surface area contributed by atoms with Gasteiger partial charge in [-0.15, -0.1) is 0 Å². The van der Waals surface area contributed by atoms with E-state index in [4.69, 9.17) is 17.4 Å². The average molecular weight is 467 g/mol. The number of pyridine rings is 2. The van der Waals surface area contributed by atoms with Crippen LogP contribution in [0.4, 0.5) is 14.6 Å². The van der Waals surface area contributed by atoms with Crippen molar-refractivity contribution >= 4 is 17.2 Å². The summed E-state index contributed by atoms with van der Waals surface area (Å²) in [4.78, 5) is 10.7. The lowest BCUT2D eigenvalue weighted by molar-refractivity contribution is 0.293. The molecule has 0 fully saturated rings. The summed E-state index contributed by atoms with van der Waals surface area (Å²) >= 11 is 0. The van der Waals surface area contributed by atoms with Crippen LogP contribution < -0.4 is 17.4 Å². The fourth-order valence-electron chi connectivity index (χ4n) is 3.54. The van der Waals surface area contributed by atoms with Gasteiger partial charge in [0, 0.05) is 38.2 Å². The van der Waals surface area contributed by atoms with Gasteiger partial charge in [-0.3, -0.25) is 14.9 Å². The molecule has 34 heavy (non-hydrogen) atoms. The molecule has 10 heteroatoms. The highest BCUT2D eigenvalue weighted by molar-refractivity contribution is 6.02. The molecule has 3 heterocycles. The van der Waals surface area contributed by atoms with Crippen LogP contribution in [0.5, 0.6) is 0 Å². The van der Waals surface area contributed by atoms with Gasteiger partial charge in [0.25, 0.3) is 0 Å². The summed E-state index contributed by atoms with van der Waals surface area (Å²) in [6.07, 6.45) is 11.7. The zero-order valence-electron chi connectivity index (χ0n) is 18.7. The summed E-state index contributed by atoms with van der Waals surface area (Å²) in [5.74, 6) is 9.41. The number of allylic oxidation sites excluding steroid dienone is 4. The maximum Gasteiger partial charge on any atom is 0.173 e. The maximum absolute atomic E-state index is 14.2. The predicted octanol–water partition coefficient (Wildman–Crippen LogP) is 3.04. The highest BCUT2D eigenvalue weighted by Crippen LogP contribution is 2.25. The highest BCUT2D eigenvalue weighted by Gasteiger charge is 2.20. The first-order valence-corrected chi connectivity index (χ1v) is 10.6. The first-order chi connectivity index (χ1) is 16.4. The van der Waals surface area contributed by atoms with Crippen LogP contribution in [0.15, 0.2) is 84.4 Å². The van der Waals surface area contributed by atoms with Gasteiger partial charge in [0.2, 0.25) is 0 Å². The molecular formula is C24H28F2N8. The number of hydrazine groups is 1. The summed E-state index contributed by atoms with van der Waals surface area (Å²) in [7, 11) is 0. The molecule has 0 radical (unpaired) electrons. The molecule has 0 aromatic carbocycles. The molecule has 0 atom stereocenters. The number of amidine groups is 1. The molecule has 178 valence electrons. The van der Waals surface area contributed by atoms with Crippen molar-refractivity contribution in [1.29, 1.82) is 0 Å². The molecule has 0 unspecified atom stereocenters. The van der Waals surface area contributed by atoms with E-state index in [0.717, 1.165) is 53.8 Å². The third kappa shape index (κ3) is 6.33. The number of nitrogens with zero attached hydrogens (tertiary/aromatic N) is 5. The van der Waals surface area contributed by atoms with Crippen molar-refractivity contribution in [3.05, 3.63) is 96.0 Å². The molecule has 1 aliphatic rings. The van der Waals surface area contributed by atoms with Gasteiger partial charge >= 0.3 is 0 Å². The van der Waals surface area contributed by atoms with Crippen molar-refractivity contribution in [2.45, 2.75) is 13.0 Å². The van der Waals surface area contributed by atoms with Gasteiger partial charge < -0.3 is 11.6 Å². The molecule has 0 spiro atoms. The normalized spacial score (nSPS) is 15.7. The first-order valence-electron chi connectivity index (χ1n) is 10.6. The van der Waals surface area contributed by atoms with Gasteiger partial charge in [0.05, 0.1) is 12.1 Å². The third-order valence-electron chi connectivity index (χ3n) is 5.29. The molecule has 3 rings (SSSR count). The second kappa shape index (κ2) is 11.8. The van der Waals surface area contributed by atoms with Crippen LogP contribution in [-0.2, 0) is 6.54 Å². The van der Waals surface area contributed by atoms with Crippen LogP contribution in [0, 0.1) is 0 Å². The molecule has 8 nitrogen and oxygen atoms in total. The van der Waals surface area contributed by atoms with E-state index < -0.39 is 18.2 Å². The Hall–Kier alpha value is -3.89. The van der Waals surface area contributed by atoms with E-state index in [9.17, 15) is 8.78 Å². The fraction of sp³-hybridized carbons (Fsp3) is 0.208. The molecular weight excluding hydrogens is 438 g/mol. The minimum Gasteiger partial charge on any atom is -0.383 e. The Bertz CT molecular complexity index is 1130. The number of anilines is 1. The Labute approximate surface area is 197 Å². The number of nitrogens with two attached hydrogens (primary N) is 3. The second-order valence-corrected chi connectivity index (χ2v) is 7.66. The highest BCUT2D eigenvalue weighted by atomic mass is 19.2. The zero-order valence-corrected chi connectivity index (χ0v) is 18.7. The fourth-order valence-corrected chi connectivity index (χ4v) is 3.54. The van der Waals surface area contributed by atoms with Gasteiger partial charge in [0.1, 0.15) is 5.82 Å². The van der Waals surface area contributed by atoms with E-state index in [-0.39, 0.29) is 11.7 Å². The first kappa shape index (κ1) is 24.7. The molecule has 0 amide bonds. The van der Waals surface area contributed by atoms with Crippen LogP contribution in [0.1, 0.15) is 23.1 Å². The number of nitrogen functional groups attached to an aromatic ring is 1. The Balaban J connectivity index is 1.76. The van der Waals surface area contributed by atoms with E-state index in [1.165, 1.54) is 12.2 Å². The Kier molecular flexibility index (Phi) is 8.60. The van der Waals surface area contributed by atoms with E-state index in [1.807, 2.05) is 18.3 Å². The Morgan fingerprint density at radius 1 is 1.32 bits per heavy atom. The maximum atomic E-state index is 14.2. The van der Waals surface area contributed by atoms with Crippen molar-refractivity contribution in [1.82, 2.24) is 19.9 Å². The number of hydrazone groups is 1. The molecule has 0 bridgehead atoms. The lowest BCUT2D eigenvalue weighted by atomic mass is 9.99. The quantitative estimate of drug-likeness (QED) is 0.180. The van der Waals surface area contributed by atoms with Gasteiger partial charge in [0.15, 0.2) is 17.5 Å². The molecule has 6 N–H and O–H groups in total. The predicted molar refractivity (Wildman–Crippen MR) is 131 cm³/mol. The number of halogens is 2. The summed E-state index contributed by atoms with van der Waals surface area (Å²) in [6.45, 7) is 5.25. The lowest BCUT2D eigenvalue weighted by Gasteiger charge is -2.26. The summed E-state index contributed by atoms with van der Waals surface area (Å²) < 4.78 is 28.0. The smallest absolute Gasteiger partial charge is 0.173 e. The van der Waals surface area contributed by atoms with Gasteiger partial charge in [-0.2, -0.15) is 5.10 Å². The summed E-state index contributed by atoms with van der Waals surface area (Å²) in [5, 5.41) is 4.54. The van der Waals surface area contributed by atoms with Crippen molar-refractivity contribution < 1.29 is 8.78 Å². The van der Waals surface area contributed by atoms with Crippen LogP contribution in [0.2, 0.25) is 0 Å². The summed E-state index contributed by atoms with van der Waals surface area (Å²) in [6, 6.07) is 5.73. The molecule has 0 saturated carbocycles. The molecule has 0 aliphatic carbocycles. The summed E-state index contributed by atoms with van der Waals surface area (Å²) in [5.41, 5.74) is 9.43. The molecule has 2 aromatic rings. The minimum atomic E-state index is -1.09. The third-order valence-corrected chi connectivity index (χ3v) is 5.29. The Morgan fingerprint density at radius 3 is 2.79 bits per heavy atom. The molecule has 1 aliphatic heterocycles. The van der Waals surface area contributed by atoms with Crippen LogP contribution in [-0.4, -0.2) is 45.3 Å². The Morgan fingerprint density at radius 2 is 2.15 bits per heavy atom. The number of aromatic nitrogens is 2. The van der Waals surface area contributed by atoms with Crippen molar-refractivity contribution in [3.8, 4) is 0 Å². The van der Waals surface area contributed by atoms with Gasteiger partial charge in [-0.1, -0.05) is 30.9 Å². The largest absolute Gasteiger partial charge is 0.383 e. The number of hydrogen-bond acceptors (Lipinski definition) is 7.